The number of rotatable bonds is 4. The first-order valence-electron chi connectivity index (χ1n) is 8.55. The Labute approximate surface area is 156 Å². The van der Waals surface area contributed by atoms with Gasteiger partial charge in [-0.05, 0) is 52.0 Å². The van der Waals surface area contributed by atoms with E-state index in [0.29, 0.717) is 5.75 Å². The van der Waals surface area contributed by atoms with Crippen molar-refractivity contribution < 1.29 is 9.84 Å². The second-order valence-electron chi connectivity index (χ2n) is 6.17. The van der Waals surface area contributed by atoms with E-state index in [2.05, 4.69) is 41.6 Å². The molecule has 0 saturated heterocycles. The molecule has 0 radical (unpaired) electrons. The molecule has 130 valence electrons. The number of phenolic OH excluding ortho intramolecular Hbond substituents is 1. The fourth-order valence-electron chi connectivity index (χ4n) is 3.26. The van der Waals surface area contributed by atoms with Gasteiger partial charge in [-0.1, -0.05) is 43.3 Å². The van der Waals surface area contributed by atoms with Crippen LogP contribution in [0.5, 0.6) is 11.5 Å². The lowest BCUT2D eigenvalue weighted by molar-refractivity contribution is 0.403. The molecule has 0 spiro atoms. The summed E-state index contributed by atoms with van der Waals surface area (Å²) in [6, 6.07) is 18.4. The Morgan fingerprint density at radius 2 is 1.81 bits per heavy atom. The van der Waals surface area contributed by atoms with E-state index in [0.717, 1.165) is 33.6 Å². The van der Waals surface area contributed by atoms with Gasteiger partial charge in [-0.25, -0.2) is 0 Å². The van der Waals surface area contributed by atoms with Crippen molar-refractivity contribution in [2.24, 2.45) is 0 Å². The maximum atomic E-state index is 10.6. The molecule has 0 bridgehead atoms. The molecule has 4 aromatic rings. The first-order chi connectivity index (χ1) is 12.7. The second kappa shape index (κ2) is 6.81. The van der Waals surface area contributed by atoms with E-state index < -0.39 is 0 Å². The van der Waals surface area contributed by atoms with Crippen molar-refractivity contribution in [3.05, 3.63) is 66.4 Å². The molecule has 1 heterocycles. The van der Waals surface area contributed by atoms with Gasteiger partial charge < -0.3 is 9.84 Å². The summed E-state index contributed by atoms with van der Waals surface area (Å²) < 4.78 is 9.77. The van der Waals surface area contributed by atoms with Crippen LogP contribution in [0.3, 0.4) is 0 Å². The molecule has 0 aliphatic heterocycles. The molecule has 1 aromatic heterocycles. The largest absolute Gasteiger partial charge is 0.507 e. The van der Waals surface area contributed by atoms with Crippen LogP contribution in [0.25, 0.3) is 32.3 Å². The molecular weight excluding hydrogens is 342 g/mol. The van der Waals surface area contributed by atoms with Gasteiger partial charge in [-0.3, -0.25) is 0 Å². The molecule has 0 fully saturated rings. The summed E-state index contributed by atoms with van der Waals surface area (Å²) in [5.74, 6) is 0.927. The van der Waals surface area contributed by atoms with Crippen molar-refractivity contribution in [1.29, 1.82) is 0 Å². The topological polar surface area (TPSA) is 42.4 Å². The van der Waals surface area contributed by atoms with Crippen LogP contribution in [0.1, 0.15) is 12.5 Å². The lowest BCUT2D eigenvalue weighted by Gasteiger charge is -2.12. The first-order valence-corrected chi connectivity index (χ1v) is 9.32. The number of ether oxygens (including phenoxy) is 1. The number of phenols is 1. The Bertz CT molecular complexity index is 1080. The highest BCUT2D eigenvalue weighted by Gasteiger charge is 2.17. The molecular formula is C22H19NO2S. The number of aromatic nitrogens is 1. The van der Waals surface area contributed by atoms with Crippen LogP contribution in [0.2, 0.25) is 0 Å². The number of aryl methyl sites for hydroxylation is 1. The van der Waals surface area contributed by atoms with Crippen molar-refractivity contribution in [3.8, 4) is 33.1 Å². The predicted molar refractivity (Wildman–Crippen MR) is 108 cm³/mol. The molecule has 4 rings (SSSR count). The monoisotopic (exact) mass is 361 g/mol. The molecule has 3 nitrogen and oxygen atoms in total. The van der Waals surface area contributed by atoms with Crippen LogP contribution >= 0.6 is 11.5 Å². The van der Waals surface area contributed by atoms with Gasteiger partial charge in [0, 0.05) is 23.4 Å². The molecule has 0 unspecified atom stereocenters. The van der Waals surface area contributed by atoms with Gasteiger partial charge in [0.25, 0.3) is 0 Å². The van der Waals surface area contributed by atoms with Crippen LogP contribution < -0.4 is 4.74 Å². The molecule has 1 N–H and O–H groups in total. The summed E-state index contributed by atoms with van der Waals surface area (Å²) in [6.45, 7) is 2.08. The molecule has 0 atom stereocenters. The minimum atomic E-state index is 0.213. The molecule has 4 heteroatoms. The SMILES string of the molecule is CCc1cc(-c2sncc2-c2ccc3ccccc3c2)c(O)cc1OC. The fraction of sp³-hybridized carbons (Fsp3) is 0.136. The zero-order valence-electron chi connectivity index (χ0n) is 14.7. The van der Waals surface area contributed by atoms with Crippen molar-refractivity contribution >= 4 is 22.3 Å². The van der Waals surface area contributed by atoms with Crippen molar-refractivity contribution in [1.82, 2.24) is 4.37 Å². The van der Waals surface area contributed by atoms with Gasteiger partial charge in [-0.2, -0.15) is 4.37 Å². The van der Waals surface area contributed by atoms with Crippen LogP contribution in [0.4, 0.5) is 0 Å². The average Bonchev–Trinajstić information content (AvgIpc) is 3.16. The lowest BCUT2D eigenvalue weighted by Crippen LogP contribution is -1.92. The van der Waals surface area contributed by atoms with Crippen molar-refractivity contribution in [2.45, 2.75) is 13.3 Å². The van der Waals surface area contributed by atoms with E-state index in [9.17, 15) is 5.11 Å². The third-order valence-electron chi connectivity index (χ3n) is 4.66. The number of nitrogens with zero attached hydrogens (tertiary/aromatic N) is 1. The normalized spacial score (nSPS) is 11.0. The van der Waals surface area contributed by atoms with Crippen molar-refractivity contribution in [3.63, 3.8) is 0 Å². The Hall–Kier alpha value is -2.85. The van der Waals surface area contributed by atoms with E-state index in [-0.39, 0.29) is 5.75 Å². The summed E-state index contributed by atoms with van der Waals surface area (Å²) in [4.78, 5) is 0.968. The van der Waals surface area contributed by atoms with E-state index in [1.165, 1.54) is 22.3 Å². The smallest absolute Gasteiger partial charge is 0.128 e. The molecule has 0 aliphatic carbocycles. The number of benzene rings is 3. The second-order valence-corrected chi connectivity index (χ2v) is 6.97. The summed E-state index contributed by atoms with van der Waals surface area (Å²) in [5.41, 5.74) is 4.00. The Kier molecular flexibility index (Phi) is 4.35. The lowest BCUT2D eigenvalue weighted by atomic mass is 9.98. The number of fused-ring (bicyclic) bond motifs is 1. The fourth-order valence-corrected chi connectivity index (χ4v) is 4.05. The summed E-state index contributed by atoms with van der Waals surface area (Å²) in [5, 5.41) is 13.0. The van der Waals surface area contributed by atoms with Gasteiger partial charge in [0.2, 0.25) is 0 Å². The van der Waals surface area contributed by atoms with Gasteiger partial charge in [0.1, 0.15) is 11.5 Å². The molecule has 0 aliphatic rings. The first kappa shape index (κ1) is 16.6. The minimum Gasteiger partial charge on any atom is -0.507 e. The molecule has 0 amide bonds. The summed E-state index contributed by atoms with van der Waals surface area (Å²) in [7, 11) is 1.63. The van der Waals surface area contributed by atoms with Gasteiger partial charge >= 0.3 is 0 Å². The van der Waals surface area contributed by atoms with E-state index in [1.807, 2.05) is 24.4 Å². The number of aromatic hydroxyl groups is 1. The molecule has 26 heavy (non-hydrogen) atoms. The number of hydrogen-bond donors (Lipinski definition) is 1. The van der Waals surface area contributed by atoms with Gasteiger partial charge in [-0.15, -0.1) is 0 Å². The van der Waals surface area contributed by atoms with E-state index in [4.69, 9.17) is 4.74 Å². The van der Waals surface area contributed by atoms with E-state index >= 15 is 0 Å². The average molecular weight is 361 g/mol. The summed E-state index contributed by atoms with van der Waals surface area (Å²) in [6.07, 6.45) is 2.71. The highest BCUT2D eigenvalue weighted by Crippen LogP contribution is 2.42. The summed E-state index contributed by atoms with van der Waals surface area (Å²) >= 11 is 1.40. The highest BCUT2D eigenvalue weighted by molar-refractivity contribution is 7.10. The zero-order chi connectivity index (χ0) is 18.1. The maximum absolute atomic E-state index is 10.6. The Balaban J connectivity index is 1.87. The van der Waals surface area contributed by atoms with E-state index in [1.54, 1.807) is 13.2 Å². The van der Waals surface area contributed by atoms with Crippen LogP contribution in [0.15, 0.2) is 60.8 Å². The third kappa shape index (κ3) is 2.82. The Morgan fingerprint density at radius 3 is 2.58 bits per heavy atom. The predicted octanol–water partition coefficient (Wildman–Crippen LogP) is 5.91. The van der Waals surface area contributed by atoms with Crippen LogP contribution in [0, 0.1) is 0 Å². The Morgan fingerprint density at radius 1 is 1.00 bits per heavy atom. The highest BCUT2D eigenvalue weighted by atomic mass is 32.1. The quantitative estimate of drug-likeness (QED) is 0.491. The molecule has 0 saturated carbocycles. The standard InChI is InChI=1S/C22H19NO2S/c1-3-14-11-18(20(24)12-21(14)25-2)22-19(13-23-26-22)17-9-8-15-6-4-5-7-16(15)10-17/h4-13,24H,3H2,1-2H3. The van der Waals surface area contributed by atoms with Crippen molar-refractivity contribution in [2.75, 3.05) is 7.11 Å². The maximum Gasteiger partial charge on any atom is 0.128 e. The zero-order valence-corrected chi connectivity index (χ0v) is 15.5. The van der Waals surface area contributed by atoms with Gasteiger partial charge in [0.05, 0.1) is 12.0 Å². The molecule has 3 aromatic carbocycles. The number of methoxy groups -OCH3 is 1. The number of hydrogen-bond acceptors (Lipinski definition) is 4. The minimum absolute atomic E-state index is 0.213. The van der Waals surface area contributed by atoms with Gasteiger partial charge in [0.15, 0.2) is 0 Å². The van der Waals surface area contributed by atoms with Crippen LogP contribution in [-0.2, 0) is 6.42 Å². The third-order valence-corrected chi connectivity index (χ3v) is 5.49. The van der Waals surface area contributed by atoms with Crippen LogP contribution in [-0.4, -0.2) is 16.6 Å².